The fourth-order valence-corrected chi connectivity index (χ4v) is 4.79. The normalized spacial score (nSPS) is 9.57. The fraction of sp³-hybridized carbons (Fsp3) is 0.0233. The minimum absolute atomic E-state index is 0. The molecular formula is C43H32Ir2N4O5-2. The fourth-order valence-electron chi connectivity index (χ4n) is 4.79. The Kier molecular flexibility index (Phi) is 17.4. The van der Waals surface area contributed by atoms with Crippen molar-refractivity contribution in [3.63, 3.8) is 0 Å². The molecular weight excluding hydrogens is 1040 g/mol. The van der Waals surface area contributed by atoms with Crippen molar-refractivity contribution in [2.75, 3.05) is 7.11 Å². The van der Waals surface area contributed by atoms with Gasteiger partial charge in [0.2, 0.25) is 0 Å². The summed E-state index contributed by atoms with van der Waals surface area (Å²) in [5.74, 6) is -1.11. The van der Waals surface area contributed by atoms with E-state index in [1.807, 2.05) is 115 Å². The quantitative estimate of drug-likeness (QED) is 0.162. The largest absolute Gasteiger partial charge is 0.516 e. The van der Waals surface area contributed by atoms with Crippen LogP contribution in [-0.4, -0.2) is 49.2 Å². The van der Waals surface area contributed by atoms with Gasteiger partial charge >= 0.3 is 11.9 Å². The number of carbonyl (C=O) groups is 2. The van der Waals surface area contributed by atoms with Crippen molar-refractivity contribution >= 4 is 33.6 Å². The van der Waals surface area contributed by atoms with Crippen LogP contribution in [0.15, 0.2) is 164 Å². The third kappa shape index (κ3) is 12.3. The van der Waals surface area contributed by atoms with Crippen LogP contribution in [0.1, 0.15) is 20.8 Å². The Bertz CT molecular complexity index is 2320. The maximum atomic E-state index is 10.8. The second-order valence-electron chi connectivity index (χ2n) is 10.8. The molecule has 2 radical (unpaired) electrons. The number of carboxylic acids is 2. The molecule has 4 aromatic heterocycles. The zero-order valence-corrected chi connectivity index (χ0v) is 33.5. The Hall–Kier alpha value is -5.96. The summed E-state index contributed by atoms with van der Waals surface area (Å²) in [7, 11) is 1.65. The van der Waals surface area contributed by atoms with E-state index in [0.29, 0.717) is 5.52 Å². The Morgan fingerprint density at radius 2 is 1.17 bits per heavy atom. The number of nitrogens with zero attached hydrogens (tertiary/aromatic N) is 4. The van der Waals surface area contributed by atoms with Gasteiger partial charge in [0.15, 0.2) is 0 Å². The number of aromatic carboxylic acids is 2. The molecule has 0 fully saturated rings. The Balaban J connectivity index is 0.000000191. The van der Waals surface area contributed by atoms with E-state index in [2.05, 4.69) is 32.1 Å². The Morgan fingerprint density at radius 3 is 1.80 bits per heavy atom. The number of carboxylic acid groups (broad SMARTS) is 2. The number of pyridine rings is 4. The molecule has 4 heterocycles. The van der Waals surface area contributed by atoms with Gasteiger partial charge < -0.3 is 24.9 Å². The summed E-state index contributed by atoms with van der Waals surface area (Å²) in [5.41, 5.74) is 4.74. The van der Waals surface area contributed by atoms with Gasteiger partial charge in [-0.25, -0.2) is 14.6 Å². The van der Waals surface area contributed by atoms with Gasteiger partial charge in [-0.3, -0.25) is 4.98 Å². The maximum Gasteiger partial charge on any atom is 0.354 e. The number of rotatable bonds is 5. The van der Waals surface area contributed by atoms with Crippen LogP contribution in [0.2, 0.25) is 0 Å². The molecule has 0 aliphatic heterocycles. The third-order valence-electron chi connectivity index (χ3n) is 7.31. The van der Waals surface area contributed by atoms with E-state index in [-0.39, 0.29) is 51.5 Å². The molecule has 0 bridgehead atoms. The average molecular weight is 1070 g/mol. The Morgan fingerprint density at radius 1 is 0.556 bits per heavy atom. The first-order chi connectivity index (χ1) is 25.4. The number of fused-ring (bicyclic) bond motifs is 2. The SMILES string of the molecule is COc1cc[c-]c(-c2ccccn2)c1.O=C(O)c1cc2ccccc2cn1.O=C(O)c1cccc2cccnc12.[Ir].[Ir].[c-]1ccccc1-c1ccccn1. The standard InChI is InChI=1S/C12H10NO.C11H8N.2C10H7NO2.2Ir/c1-14-11-6-4-5-10(9-11)12-7-2-3-8-13-12;1-2-6-10(7-3-1)11-8-4-5-9-12-11;12-10(13)8-5-1-3-7-4-2-6-11-9(7)8;12-10(13)9-5-7-3-1-2-4-8(7)6-11-9;;/h2-4,6-9H,1H3;1-6,8-9H;2*1-6H,(H,12,13);;/q2*-1;;;;. The number of methoxy groups -OCH3 is 1. The molecule has 0 aliphatic carbocycles. The molecule has 0 aliphatic rings. The molecule has 274 valence electrons. The van der Waals surface area contributed by atoms with Crippen molar-refractivity contribution in [1.82, 2.24) is 19.9 Å². The first-order valence-electron chi connectivity index (χ1n) is 15.9. The van der Waals surface area contributed by atoms with Gasteiger partial charge in [0, 0.05) is 81.5 Å². The second-order valence-corrected chi connectivity index (χ2v) is 10.8. The van der Waals surface area contributed by atoms with E-state index in [1.54, 1.807) is 56.2 Å². The molecule has 0 spiro atoms. The van der Waals surface area contributed by atoms with E-state index < -0.39 is 11.9 Å². The van der Waals surface area contributed by atoms with E-state index in [0.717, 1.165) is 44.4 Å². The zero-order valence-electron chi connectivity index (χ0n) is 28.7. The van der Waals surface area contributed by atoms with Gasteiger partial charge in [-0.15, -0.1) is 65.7 Å². The maximum absolute atomic E-state index is 10.8. The molecule has 0 amide bonds. The topological polar surface area (TPSA) is 135 Å². The van der Waals surface area contributed by atoms with E-state index >= 15 is 0 Å². The van der Waals surface area contributed by atoms with Gasteiger partial charge in [0.1, 0.15) is 5.69 Å². The van der Waals surface area contributed by atoms with Crippen LogP contribution in [0.25, 0.3) is 44.2 Å². The van der Waals surface area contributed by atoms with Crippen LogP contribution in [0.3, 0.4) is 0 Å². The molecule has 0 atom stereocenters. The molecule has 11 heteroatoms. The first kappa shape index (κ1) is 42.5. The average Bonchev–Trinajstić information content (AvgIpc) is 3.22. The summed E-state index contributed by atoms with van der Waals surface area (Å²) >= 11 is 0. The number of hydrogen-bond acceptors (Lipinski definition) is 7. The molecule has 8 aromatic rings. The van der Waals surface area contributed by atoms with Crippen molar-refractivity contribution in [2.45, 2.75) is 0 Å². The van der Waals surface area contributed by atoms with Crippen molar-refractivity contribution in [2.24, 2.45) is 0 Å². The van der Waals surface area contributed by atoms with Crippen molar-refractivity contribution < 1.29 is 64.7 Å². The molecule has 9 nitrogen and oxygen atoms in total. The first-order valence-corrected chi connectivity index (χ1v) is 15.9. The molecule has 54 heavy (non-hydrogen) atoms. The van der Waals surface area contributed by atoms with Gasteiger partial charge in [-0.05, 0) is 47.1 Å². The van der Waals surface area contributed by atoms with Crippen LogP contribution in [0, 0.1) is 12.1 Å². The second kappa shape index (κ2) is 22.2. The van der Waals surface area contributed by atoms with Crippen molar-refractivity contribution in [3.05, 3.63) is 188 Å². The summed E-state index contributed by atoms with van der Waals surface area (Å²) in [6, 6.07) is 49.2. The summed E-state index contributed by atoms with van der Waals surface area (Å²) in [5, 5.41) is 20.2. The molecule has 0 unspecified atom stereocenters. The number of ether oxygens (including phenoxy) is 1. The summed E-state index contributed by atoms with van der Waals surface area (Å²) in [6.45, 7) is 0. The summed E-state index contributed by atoms with van der Waals surface area (Å²) in [4.78, 5) is 37.6. The smallest absolute Gasteiger partial charge is 0.354 e. The zero-order chi connectivity index (χ0) is 36.5. The van der Waals surface area contributed by atoms with Crippen molar-refractivity contribution in [3.8, 4) is 28.3 Å². The monoisotopic (exact) mass is 1070 g/mol. The molecule has 8 rings (SSSR count). The van der Waals surface area contributed by atoms with Gasteiger partial charge in [0.05, 0.1) is 18.2 Å². The van der Waals surface area contributed by atoms with E-state index in [4.69, 9.17) is 14.9 Å². The number of hydrogen-bond donors (Lipinski definition) is 2. The van der Waals surface area contributed by atoms with Crippen molar-refractivity contribution in [1.29, 1.82) is 0 Å². The predicted molar refractivity (Wildman–Crippen MR) is 201 cm³/mol. The third-order valence-corrected chi connectivity index (χ3v) is 7.31. The van der Waals surface area contributed by atoms with E-state index in [9.17, 15) is 9.59 Å². The molecule has 4 aromatic carbocycles. The number of para-hydroxylation sites is 1. The Labute approximate surface area is 339 Å². The summed E-state index contributed by atoms with van der Waals surface area (Å²) in [6.07, 6.45) is 6.71. The van der Waals surface area contributed by atoms with Crippen LogP contribution >= 0.6 is 0 Å². The van der Waals surface area contributed by atoms with Gasteiger partial charge in [-0.1, -0.05) is 66.7 Å². The molecule has 0 saturated carbocycles. The number of benzene rings is 4. The number of aromatic nitrogens is 4. The van der Waals surface area contributed by atoms with Crippen LogP contribution in [0.5, 0.6) is 5.75 Å². The van der Waals surface area contributed by atoms with Crippen LogP contribution in [-0.2, 0) is 40.2 Å². The minimum atomic E-state index is -0.995. The van der Waals surface area contributed by atoms with Crippen LogP contribution in [0.4, 0.5) is 0 Å². The molecule has 2 N–H and O–H groups in total. The van der Waals surface area contributed by atoms with Crippen LogP contribution < -0.4 is 4.74 Å². The predicted octanol–water partition coefficient (Wildman–Crippen LogP) is 8.97. The van der Waals surface area contributed by atoms with E-state index in [1.165, 1.54) is 0 Å². The summed E-state index contributed by atoms with van der Waals surface area (Å²) < 4.78 is 5.13. The van der Waals surface area contributed by atoms with Gasteiger partial charge in [0.25, 0.3) is 0 Å². The van der Waals surface area contributed by atoms with Gasteiger partial charge in [-0.2, -0.15) is 0 Å². The molecule has 0 saturated heterocycles. The minimum Gasteiger partial charge on any atom is -0.516 e.